The van der Waals surface area contributed by atoms with Gasteiger partial charge in [0.25, 0.3) is 0 Å². The first-order chi connectivity index (χ1) is 7.18. The molecule has 0 aliphatic rings. The van der Waals surface area contributed by atoms with Crippen molar-refractivity contribution in [1.29, 1.82) is 0 Å². The summed E-state index contributed by atoms with van der Waals surface area (Å²) in [5, 5.41) is 2.07. The molecule has 0 spiro atoms. The van der Waals surface area contributed by atoms with Gasteiger partial charge < -0.3 is 5.73 Å². The number of rotatable bonds is 2. The van der Waals surface area contributed by atoms with Gasteiger partial charge in [0, 0.05) is 4.88 Å². The van der Waals surface area contributed by atoms with Crippen LogP contribution >= 0.6 is 11.3 Å². The predicted octanol–water partition coefficient (Wildman–Crippen LogP) is 3.41. The number of aryl methyl sites for hydroxylation is 2. The highest BCUT2D eigenvalue weighted by molar-refractivity contribution is 7.10. The Hall–Kier alpha value is -1.12. The molecule has 0 amide bonds. The summed E-state index contributed by atoms with van der Waals surface area (Å²) in [6.45, 7) is 4.21. The smallest absolute Gasteiger partial charge is 0.0648 e. The van der Waals surface area contributed by atoms with Crippen molar-refractivity contribution in [2.75, 3.05) is 0 Å². The summed E-state index contributed by atoms with van der Waals surface area (Å²) < 4.78 is 0. The van der Waals surface area contributed by atoms with Gasteiger partial charge in [-0.25, -0.2) is 0 Å². The standard InChI is InChI=1S/C13H15NS/c1-9-5-6-10(2)11(8-9)13(14)12-4-3-7-15-12/h3-8,13H,14H2,1-2H3. The van der Waals surface area contributed by atoms with Gasteiger partial charge in [0.1, 0.15) is 0 Å². The molecule has 2 rings (SSSR count). The molecule has 1 aromatic heterocycles. The topological polar surface area (TPSA) is 26.0 Å². The summed E-state index contributed by atoms with van der Waals surface area (Å²) in [7, 11) is 0. The van der Waals surface area contributed by atoms with Crippen molar-refractivity contribution in [3.8, 4) is 0 Å². The van der Waals surface area contributed by atoms with Crippen LogP contribution in [0, 0.1) is 13.8 Å². The molecule has 1 heterocycles. The minimum atomic E-state index is 0.0184. The zero-order chi connectivity index (χ0) is 10.8. The van der Waals surface area contributed by atoms with Crippen LogP contribution in [0.15, 0.2) is 35.7 Å². The van der Waals surface area contributed by atoms with Crippen LogP contribution in [0.3, 0.4) is 0 Å². The molecule has 0 saturated carbocycles. The Morgan fingerprint density at radius 1 is 1.20 bits per heavy atom. The summed E-state index contributed by atoms with van der Waals surface area (Å²) in [6.07, 6.45) is 0. The summed E-state index contributed by atoms with van der Waals surface area (Å²) in [6, 6.07) is 10.6. The average Bonchev–Trinajstić information content (AvgIpc) is 2.74. The van der Waals surface area contributed by atoms with Gasteiger partial charge in [0.2, 0.25) is 0 Å². The molecule has 1 aromatic carbocycles. The molecule has 1 nitrogen and oxygen atoms in total. The molecule has 0 fully saturated rings. The Morgan fingerprint density at radius 2 is 2.00 bits per heavy atom. The minimum absolute atomic E-state index is 0.0184. The third-order valence-electron chi connectivity index (χ3n) is 2.62. The maximum absolute atomic E-state index is 6.24. The number of benzene rings is 1. The first kappa shape index (κ1) is 10.4. The van der Waals surface area contributed by atoms with Crippen LogP contribution in [-0.4, -0.2) is 0 Å². The Labute approximate surface area is 94.6 Å². The predicted molar refractivity (Wildman–Crippen MR) is 66.3 cm³/mol. The van der Waals surface area contributed by atoms with Crippen molar-refractivity contribution in [3.05, 3.63) is 57.3 Å². The molecular formula is C13H15NS. The summed E-state index contributed by atoms with van der Waals surface area (Å²) in [4.78, 5) is 1.23. The van der Waals surface area contributed by atoms with Crippen LogP contribution in [0.5, 0.6) is 0 Å². The quantitative estimate of drug-likeness (QED) is 0.819. The van der Waals surface area contributed by atoms with E-state index in [0.29, 0.717) is 0 Å². The van der Waals surface area contributed by atoms with E-state index in [1.165, 1.54) is 21.6 Å². The van der Waals surface area contributed by atoms with Gasteiger partial charge in [-0.15, -0.1) is 11.3 Å². The fourth-order valence-electron chi connectivity index (χ4n) is 1.72. The number of thiophene rings is 1. The van der Waals surface area contributed by atoms with E-state index in [-0.39, 0.29) is 6.04 Å². The second kappa shape index (κ2) is 4.17. The fourth-order valence-corrected chi connectivity index (χ4v) is 2.46. The molecule has 0 radical (unpaired) electrons. The summed E-state index contributed by atoms with van der Waals surface area (Å²) in [5.74, 6) is 0. The third kappa shape index (κ3) is 2.11. The Bertz CT molecular complexity index is 446. The van der Waals surface area contributed by atoms with E-state index < -0.39 is 0 Å². The number of nitrogens with two attached hydrogens (primary N) is 1. The van der Waals surface area contributed by atoms with Crippen molar-refractivity contribution < 1.29 is 0 Å². The van der Waals surface area contributed by atoms with Gasteiger partial charge in [-0.05, 0) is 36.4 Å². The van der Waals surface area contributed by atoms with Gasteiger partial charge >= 0.3 is 0 Å². The van der Waals surface area contributed by atoms with E-state index in [4.69, 9.17) is 5.73 Å². The van der Waals surface area contributed by atoms with E-state index in [1.54, 1.807) is 11.3 Å². The van der Waals surface area contributed by atoms with E-state index >= 15 is 0 Å². The van der Waals surface area contributed by atoms with Crippen molar-refractivity contribution in [2.45, 2.75) is 19.9 Å². The minimum Gasteiger partial charge on any atom is -0.320 e. The van der Waals surface area contributed by atoms with Crippen LogP contribution in [0.4, 0.5) is 0 Å². The second-order valence-electron chi connectivity index (χ2n) is 3.85. The van der Waals surface area contributed by atoms with Crippen molar-refractivity contribution >= 4 is 11.3 Å². The average molecular weight is 217 g/mol. The molecule has 2 N–H and O–H groups in total. The number of hydrogen-bond acceptors (Lipinski definition) is 2. The van der Waals surface area contributed by atoms with Crippen LogP contribution in [-0.2, 0) is 0 Å². The Balaban J connectivity index is 2.41. The van der Waals surface area contributed by atoms with E-state index in [2.05, 4.69) is 43.5 Å². The Kier molecular flexibility index (Phi) is 2.89. The van der Waals surface area contributed by atoms with Crippen molar-refractivity contribution in [2.24, 2.45) is 5.73 Å². The maximum Gasteiger partial charge on any atom is 0.0648 e. The zero-order valence-corrected chi connectivity index (χ0v) is 9.84. The Morgan fingerprint density at radius 3 is 2.67 bits per heavy atom. The van der Waals surface area contributed by atoms with Gasteiger partial charge in [-0.3, -0.25) is 0 Å². The highest BCUT2D eigenvalue weighted by Crippen LogP contribution is 2.26. The molecule has 15 heavy (non-hydrogen) atoms. The number of hydrogen-bond donors (Lipinski definition) is 1. The van der Waals surface area contributed by atoms with E-state index in [1.807, 2.05) is 6.07 Å². The molecule has 1 atom stereocenters. The SMILES string of the molecule is Cc1ccc(C)c(C(N)c2cccs2)c1. The summed E-state index contributed by atoms with van der Waals surface area (Å²) in [5.41, 5.74) is 10.0. The highest BCUT2D eigenvalue weighted by Gasteiger charge is 2.11. The first-order valence-corrected chi connectivity index (χ1v) is 5.92. The molecular weight excluding hydrogens is 202 g/mol. The van der Waals surface area contributed by atoms with Gasteiger partial charge in [0.05, 0.1) is 6.04 Å². The van der Waals surface area contributed by atoms with Crippen molar-refractivity contribution in [1.82, 2.24) is 0 Å². The lowest BCUT2D eigenvalue weighted by molar-refractivity contribution is 0.880. The van der Waals surface area contributed by atoms with Crippen LogP contribution in [0.1, 0.15) is 27.6 Å². The largest absolute Gasteiger partial charge is 0.320 e. The molecule has 0 aliphatic heterocycles. The van der Waals surface area contributed by atoms with Gasteiger partial charge in [0.15, 0.2) is 0 Å². The third-order valence-corrected chi connectivity index (χ3v) is 3.57. The maximum atomic E-state index is 6.24. The van der Waals surface area contributed by atoms with Crippen LogP contribution in [0.2, 0.25) is 0 Å². The molecule has 2 aromatic rings. The van der Waals surface area contributed by atoms with Crippen LogP contribution < -0.4 is 5.73 Å². The van der Waals surface area contributed by atoms with Crippen molar-refractivity contribution in [3.63, 3.8) is 0 Å². The molecule has 0 aliphatic carbocycles. The molecule has 78 valence electrons. The lowest BCUT2D eigenvalue weighted by Crippen LogP contribution is -2.11. The lowest BCUT2D eigenvalue weighted by Gasteiger charge is -2.13. The highest BCUT2D eigenvalue weighted by atomic mass is 32.1. The zero-order valence-electron chi connectivity index (χ0n) is 9.03. The van der Waals surface area contributed by atoms with Gasteiger partial charge in [-0.2, -0.15) is 0 Å². The van der Waals surface area contributed by atoms with Gasteiger partial charge in [-0.1, -0.05) is 29.8 Å². The lowest BCUT2D eigenvalue weighted by atomic mass is 9.98. The normalized spacial score (nSPS) is 12.7. The molecule has 1 unspecified atom stereocenters. The van der Waals surface area contributed by atoms with E-state index in [0.717, 1.165) is 0 Å². The fraction of sp³-hybridized carbons (Fsp3) is 0.231. The first-order valence-electron chi connectivity index (χ1n) is 5.04. The summed E-state index contributed by atoms with van der Waals surface area (Å²) >= 11 is 1.72. The monoisotopic (exact) mass is 217 g/mol. The molecule has 0 saturated heterocycles. The van der Waals surface area contributed by atoms with Crippen LogP contribution in [0.25, 0.3) is 0 Å². The molecule has 0 bridgehead atoms. The second-order valence-corrected chi connectivity index (χ2v) is 4.83. The van der Waals surface area contributed by atoms with E-state index in [9.17, 15) is 0 Å². The molecule has 2 heteroatoms.